The third kappa shape index (κ3) is 4.33. The van der Waals surface area contributed by atoms with Gasteiger partial charge < -0.3 is 10.0 Å². The molecule has 6 nitrogen and oxygen atoms in total. The molecular weight excluding hydrogens is 529 g/mol. The smallest absolute Gasteiger partial charge is 0.276 e. The van der Waals surface area contributed by atoms with Crippen LogP contribution >= 0.6 is 11.8 Å². The molecule has 1 atom stereocenters. The van der Waals surface area contributed by atoms with E-state index in [4.69, 9.17) is 86.3 Å². The number of aromatic nitrogens is 1. The molecule has 2 aliphatic rings. The maximum absolute atomic E-state index is 14.2. The van der Waals surface area contributed by atoms with Gasteiger partial charge in [-0.15, -0.1) is 22.0 Å². The monoisotopic (exact) mass is 543 g/mol. The molecule has 2 aliphatic heterocycles. The molecule has 2 aromatic carbocycles. The van der Waals surface area contributed by atoms with Crippen LogP contribution in [0.3, 0.4) is 0 Å². The summed E-state index contributed by atoms with van der Waals surface area (Å²) in [6.45, 7) is 0. The molecule has 0 aliphatic carbocycles. The summed E-state index contributed by atoms with van der Waals surface area (Å²) in [7, 11) is 69.7. The van der Waals surface area contributed by atoms with Crippen molar-refractivity contribution in [1.29, 1.82) is 0 Å². The SMILES string of the molecule is [B]C1([B])Sc2ccccc2C(N2n3ccc(=O)c(O)c3C(=O)N(C([B])(C([B])([B])[B])C([B])([B])[B])C2([B])[B])c2ccccc21. The van der Waals surface area contributed by atoms with Crippen LogP contribution in [0.25, 0.3) is 0 Å². The number of hydrogen-bond acceptors (Lipinski definition) is 5. The average molecular weight is 541 g/mol. The molecule has 3 heterocycles. The van der Waals surface area contributed by atoms with Crippen LogP contribution in [-0.4, -0.2) is 118 Å². The van der Waals surface area contributed by atoms with Gasteiger partial charge in [-0.2, -0.15) is 0 Å². The second-order valence-electron chi connectivity index (χ2n) is 10.5. The maximum atomic E-state index is 14.2. The summed E-state index contributed by atoms with van der Waals surface area (Å²) in [4.78, 5) is 27.9. The second kappa shape index (κ2) is 9.77. The Hall–Kier alpha value is -2.48. The van der Waals surface area contributed by atoms with Crippen LogP contribution in [0.15, 0.2) is 70.5 Å². The highest BCUT2D eigenvalue weighted by Gasteiger charge is 2.59. The van der Waals surface area contributed by atoms with Crippen molar-refractivity contribution in [2.24, 2.45) is 0 Å². The summed E-state index contributed by atoms with van der Waals surface area (Å²) >= 11 is 1.16. The van der Waals surface area contributed by atoms with Crippen LogP contribution in [-0.2, 0) is 4.55 Å². The van der Waals surface area contributed by atoms with Gasteiger partial charge in [0.1, 0.15) is 15.7 Å². The van der Waals surface area contributed by atoms with Gasteiger partial charge in [0.2, 0.25) is 5.43 Å². The van der Waals surface area contributed by atoms with E-state index in [0.717, 1.165) is 22.5 Å². The number of aromatic hydroxyl groups is 1. The van der Waals surface area contributed by atoms with Gasteiger partial charge in [-0.25, -0.2) is 0 Å². The van der Waals surface area contributed by atoms with Crippen LogP contribution in [0.5, 0.6) is 5.75 Å². The quantitative estimate of drug-likeness (QED) is 0.398. The molecule has 0 fully saturated rings. The third-order valence-electron chi connectivity index (χ3n) is 7.50. The fourth-order valence-corrected chi connectivity index (χ4v) is 6.64. The highest BCUT2D eigenvalue weighted by atomic mass is 32.2. The lowest BCUT2D eigenvalue weighted by atomic mass is 9.17. The average Bonchev–Trinajstić information content (AvgIpc) is 2.96. The van der Waals surface area contributed by atoms with Gasteiger partial charge in [0, 0.05) is 22.6 Å². The zero-order valence-electron chi connectivity index (χ0n) is 22.2. The van der Waals surface area contributed by atoms with E-state index in [1.807, 2.05) is 0 Å². The van der Waals surface area contributed by atoms with Gasteiger partial charge in [-0.3, -0.25) is 19.3 Å². The lowest BCUT2D eigenvalue weighted by Gasteiger charge is -2.69. The third-order valence-corrected chi connectivity index (χ3v) is 8.65. The molecule has 0 saturated heterocycles. The molecule has 42 heavy (non-hydrogen) atoms. The topological polar surface area (TPSA) is 65.8 Å². The largest absolute Gasteiger partial charge is 0.502 e. The molecule has 18 heteroatoms. The van der Waals surface area contributed by atoms with Gasteiger partial charge in [0.05, 0.1) is 76.7 Å². The molecule has 22 radical (unpaired) electrons. The zero-order chi connectivity index (χ0) is 31.2. The number of thioether (sulfide) groups is 1. The number of hydrogen-bond donors (Lipinski definition) is 1. The molecule has 1 N–H and O–H groups in total. The van der Waals surface area contributed by atoms with Crippen molar-refractivity contribution in [3.63, 3.8) is 0 Å². The Kier molecular flexibility index (Phi) is 7.20. The fraction of sp³-hybridized carbons (Fsp3) is 0.250. The van der Waals surface area contributed by atoms with Crippen LogP contribution < -0.4 is 10.4 Å². The van der Waals surface area contributed by atoms with Gasteiger partial charge in [0.25, 0.3) is 5.91 Å². The molecule has 0 bridgehead atoms. The molecule has 0 spiro atoms. The Balaban J connectivity index is 1.95. The Morgan fingerprint density at radius 3 is 1.93 bits per heavy atom. The molecule has 180 valence electrons. The fourth-order valence-electron chi connectivity index (χ4n) is 5.53. The van der Waals surface area contributed by atoms with E-state index in [1.54, 1.807) is 48.5 Å². The van der Waals surface area contributed by atoms with Crippen LogP contribution in [0.2, 0.25) is 10.2 Å². The lowest BCUT2D eigenvalue weighted by Crippen LogP contribution is -2.81. The van der Waals surface area contributed by atoms with Crippen molar-refractivity contribution in [3.8, 4) is 5.75 Å². The highest BCUT2D eigenvalue weighted by molar-refractivity contribution is 8.02. The first-order valence-electron chi connectivity index (χ1n) is 12.4. The van der Waals surface area contributed by atoms with Crippen LogP contribution in [0.4, 0.5) is 0 Å². The molecule has 0 saturated carbocycles. The second-order valence-corrected chi connectivity index (χ2v) is 11.9. The van der Waals surface area contributed by atoms with Crippen LogP contribution in [0.1, 0.15) is 33.2 Å². The van der Waals surface area contributed by atoms with Crippen LogP contribution in [0, 0.1) is 0 Å². The number of benzene rings is 2. The molecular formula is C24H12B11N3O3S. The normalized spacial score (nSPS) is 19.7. The zero-order valence-corrected chi connectivity index (χ0v) is 23.0. The lowest BCUT2D eigenvalue weighted by molar-refractivity contribution is 0.0396. The standard InChI is InChI=1S/C24H12B11N3O3S/c25-20(26)13-7-3-1-5-11(13)16(12-6-2-4-8-15(12)42-20)38-24(34,35)37(21(27,22(28,29)30)23(31,32)33)19(41)17-18(40)14(39)9-10-36(17)38/h1-10,16,40H. The Morgan fingerprint density at radius 1 is 0.786 bits per heavy atom. The number of fused-ring (bicyclic) bond motifs is 3. The van der Waals surface area contributed by atoms with Gasteiger partial charge >= 0.3 is 0 Å². The summed E-state index contributed by atoms with van der Waals surface area (Å²) in [5, 5.41) is 6.87. The van der Waals surface area contributed by atoms with Gasteiger partial charge in [-0.1, -0.05) is 42.5 Å². The number of carbonyl (C=O) groups is 1. The molecule has 1 unspecified atom stereocenters. The number of amides is 1. The Labute approximate surface area is 263 Å². The van der Waals surface area contributed by atoms with E-state index in [1.165, 1.54) is 11.2 Å². The Morgan fingerprint density at radius 2 is 1.33 bits per heavy atom. The minimum absolute atomic E-state index is 0.468. The summed E-state index contributed by atoms with van der Waals surface area (Å²) in [5.74, 6) is -2.25. The highest BCUT2D eigenvalue weighted by Crippen LogP contribution is 2.53. The number of carbonyl (C=O) groups excluding carboxylic acids is 1. The predicted molar refractivity (Wildman–Crippen MR) is 173 cm³/mol. The van der Waals surface area contributed by atoms with Gasteiger partial charge in [-0.05, 0) is 32.7 Å². The molecule has 1 aromatic heterocycles. The first kappa shape index (κ1) is 31.0. The first-order valence-corrected chi connectivity index (χ1v) is 13.2. The van der Waals surface area contributed by atoms with E-state index in [9.17, 15) is 14.7 Å². The van der Waals surface area contributed by atoms with E-state index in [0.29, 0.717) is 26.5 Å². The first-order chi connectivity index (χ1) is 19.3. The number of rotatable bonds is 4. The summed E-state index contributed by atoms with van der Waals surface area (Å²) in [6.07, 6.45) is 1.20. The summed E-state index contributed by atoms with van der Waals surface area (Å²) < 4.78 is -0.345. The predicted octanol–water partition coefficient (Wildman–Crippen LogP) is -1.74. The van der Waals surface area contributed by atoms with E-state index < -0.39 is 54.5 Å². The van der Waals surface area contributed by atoms with Crippen molar-refractivity contribution in [2.45, 2.75) is 36.6 Å². The van der Waals surface area contributed by atoms with Gasteiger partial charge in [0.15, 0.2) is 11.4 Å². The molecule has 1 amide bonds. The maximum Gasteiger partial charge on any atom is 0.276 e. The molecule has 5 rings (SSSR count). The summed E-state index contributed by atoms with van der Waals surface area (Å²) in [6, 6.07) is 14.0. The van der Waals surface area contributed by atoms with E-state index in [-0.39, 0.29) is 0 Å². The minimum Gasteiger partial charge on any atom is -0.502 e. The van der Waals surface area contributed by atoms with Crippen molar-refractivity contribution < 1.29 is 9.90 Å². The molecule has 3 aromatic rings. The van der Waals surface area contributed by atoms with E-state index in [2.05, 4.69) is 0 Å². The van der Waals surface area contributed by atoms with Crippen molar-refractivity contribution in [2.75, 3.05) is 5.01 Å². The van der Waals surface area contributed by atoms with E-state index >= 15 is 0 Å². The summed E-state index contributed by atoms with van der Waals surface area (Å²) in [5.41, 5.74) is -5.48. The van der Waals surface area contributed by atoms with Crippen molar-refractivity contribution in [3.05, 3.63) is 93.4 Å². The van der Waals surface area contributed by atoms with Crippen molar-refractivity contribution in [1.82, 2.24) is 9.58 Å². The number of nitrogens with zero attached hydrogens (tertiary/aromatic N) is 3. The number of pyridine rings is 1. The minimum atomic E-state index is -2.84. The van der Waals surface area contributed by atoms with Crippen molar-refractivity contribution >= 4 is 104 Å². The Bertz CT molecular complexity index is 1640.